The van der Waals surface area contributed by atoms with Crippen molar-refractivity contribution in [3.8, 4) is 0 Å². The van der Waals surface area contributed by atoms with Crippen LogP contribution in [-0.4, -0.2) is 35.0 Å². The molecule has 112 valence electrons. The van der Waals surface area contributed by atoms with E-state index in [4.69, 9.17) is 11.6 Å². The summed E-state index contributed by atoms with van der Waals surface area (Å²) in [6.07, 6.45) is 1.72. The summed E-state index contributed by atoms with van der Waals surface area (Å²) in [5, 5.41) is 8.00. The molecule has 0 spiro atoms. The van der Waals surface area contributed by atoms with Gasteiger partial charge in [0.15, 0.2) is 0 Å². The molecule has 2 rings (SSSR count). The lowest BCUT2D eigenvalue weighted by Gasteiger charge is -2.37. The standard InChI is InChI=1S/C14H23ClN4O/c1-9(2)6-19-14(20)13(15)12(5-16-19)18-7-10(3)17-11(4)8-18/h5,9-11,17H,6-8H2,1-4H3. The predicted molar refractivity (Wildman–Crippen MR) is 82.6 cm³/mol. The number of piperazine rings is 1. The van der Waals surface area contributed by atoms with E-state index in [9.17, 15) is 4.79 Å². The zero-order valence-electron chi connectivity index (χ0n) is 12.6. The van der Waals surface area contributed by atoms with Gasteiger partial charge in [-0.1, -0.05) is 25.4 Å². The van der Waals surface area contributed by atoms with Crippen LogP contribution in [0.3, 0.4) is 0 Å². The average molecular weight is 299 g/mol. The van der Waals surface area contributed by atoms with Crippen molar-refractivity contribution in [2.24, 2.45) is 5.92 Å². The van der Waals surface area contributed by atoms with Crippen molar-refractivity contribution in [3.05, 3.63) is 21.6 Å². The van der Waals surface area contributed by atoms with Crippen molar-refractivity contribution in [1.82, 2.24) is 15.1 Å². The van der Waals surface area contributed by atoms with Gasteiger partial charge in [0.25, 0.3) is 5.56 Å². The highest BCUT2D eigenvalue weighted by atomic mass is 35.5. The summed E-state index contributed by atoms with van der Waals surface area (Å²) >= 11 is 6.28. The summed E-state index contributed by atoms with van der Waals surface area (Å²) in [6.45, 7) is 10.6. The van der Waals surface area contributed by atoms with Gasteiger partial charge in [-0.2, -0.15) is 5.10 Å². The molecule has 2 atom stereocenters. The first-order valence-electron chi connectivity index (χ1n) is 7.15. The summed E-state index contributed by atoms with van der Waals surface area (Å²) in [5.41, 5.74) is 0.550. The van der Waals surface area contributed by atoms with Crippen molar-refractivity contribution in [3.63, 3.8) is 0 Å². The molecule has 0 amide bonds. The molecule has 0 radical (unpaired) electrons. The van der Waals surface area contributed by atoms with Crippen molar-refractivity contribution in [1.29, 1.82) is 0 Å². The van der Waals surface area contributed by atoms with Crippen LogP contribution in [0.4, 0.5) is 5.69 Å². The van der Waals surface area contributed by atoms with Gasteiger partial charge in [0.05, 0.1) is 11.9 Å². The van der Waals surface area contributed by atoms with Crippen LogP contribution in [0.1, 0.15) is 27.7 Å². The van der Waals surface area contributed by atoms with Crippen LogP contribution in [0.2, 0.25) is 5.02 Å². The van der Waals surface area contributed by atoms with Crippen LogP contribution < -0.4 is 15.8 Å². The monoisotopic (exact) mass is 298 g/mol. The van der Waals surface area contributed by atoms with Crippen molar-refractivity contribution in [2.45, 2.75) is 46.3 Å². The Hall–Kier alpha value is -1.07. The van der Waals surface area contributed by atoms with Gasteiger partial charge in [-0.15, -0.1) is 0 Å². The molecule has 0 saturated carbocycles. The molecule has 1 saturated heterocycles. The molecule has 1 aromatic rings. The van der Waals surface area contributed by atoms with Crippen molar-refractivity contribution in [2.75, 3.05) is 18.0 Å². The minimum absolute atomic E-state index is 0.197. The smallest absolute Gasteiger partial charge is 0.287 e. The molecule has 1 fully saturated rings. The Morgan fingerprint density at radius 1 is 1.40 bits per heavy atom. The molecule has 1 aromatic heterocycles. The van der Waals surface area contributed by atoms with Crippen LogP contribution in [0.5, 0.6) is 0 Å². The number of rotatable bonds is 3. The van der Waals surface area contributed by atoms with Crippen molar-refractivity contribution >= 4 is 17.3 Å². The zero-order chi connectivity index (χ0) is 14.9. The maximum Gasteiger partial charge on any atom is 0.287 e. The predicted octanol–water partition coefficient (Wildman–Crippen LogP) is 1.74. The Kier molecular flexibility index (Phi) is 4.70. The number of anilines is 1. The van der Waals surface area contributed by atoms with Crippen LogP contribution in [0, 0.1) is 5.92 Å². The summed E-state index contributed by atoms with van der Waals surface area (Å²) < 4.78 is 1.45. The lowest BCUT2D eigenvalue weighted by atomic mass is 10.1. The number of nitrogens with zero attached hydrogens (tertiary/aromatic N) is 3. The molecule has 20 heavy (non-hydrogen) atoms. The summed E-state index contributed by atoms with van der Waals surface area (Å²) in [7, 11) is 0. The van der Waals surface area contributed by atoms with Gasteiger partial charge in [0.1, 0.15) is 5.02 Å². The number of hydrogen-bond donors (Lipinski definition) is 1. The van der Waals surface area contributed by atoms with E-state index in [2.05, 4.69) is 43.0 Å². The first-order valence-corrected chi connectivity index (χ1v) is 7.53. The third kappa shape index (κ3) is 3.33. The Morgan fingerprint density at radius 3 is 2.55 bits per heavy atom. The maximum atomic E-state index is 12.3. The minimum atomic E-state index is -0.197. The van der Waals surface area contributed by atoms with E-state index in [0.29, 0.717) is 24.5 Å². The highest BCUT2D eigenvalue weighted by molar-refractivity contribution is 6.33. The topological polar surface area (TPSA) is 50.2 Å². The molecule has 2 heterocycles. The molecule has 2 unspecified atom stereocenters. The van der Waals surface area contributed by atoms with E-state index in [1.54, 1.807) is 6.20 Å². The quantitative estimate of drug-likeness (QED) is 0.923. The lowest BCUT2D eigenvalue weighted by Crippen LogP contribution is -2.54. The van der Waals surface area contributed by atoms with Crippen LogP contribution in [-0.2, 0) is 6.54 Å². The van der Waals surface area contributed by atoms with Crippen LogP contribution in [0.15, 0.2) is 11.0 Å². The number of aromatic nitrogens is 2. The van der Waals surface area contributed by atoms with E-state index in [0.717, 1.165) is 18.8 Å². The van der Waals surface area contributed by atoms with E-state index in [1.807, 2.05) is 0 Å². The van der Waals surface area contributed by atoms with E-state index in [1.165, 1.54) is 4.68 Å². The van der Waals surface area contributed by atoms with E-state index >= 15 is 0 Å². The van der Waals surface area contributed by atoms with Gasteiger partial charge in [0, 0.05) is 31.7 Å². The fourth-order valence-corrected chi connectivity index (χ4v) is 2.94. The highest BCUT2D eigenvalue weighted by Gasteiger charge is 2.24. The summed E-state index contributed by atoms with van der Waals surface area (Å²) in [6, 6.07) is 0.737. The second-order valence-corrected chi connectivity index (χ2v) is 6.48. The SMILES string of the molecule is CC(C)Cn1ncc(N2CC(C)NC(C)C2)c(Cl)c1=O. The first-order chi connectivity index (χ1) is 9.38. The number of halogens is 1. The molecule has 5 nitrogen and oxygen atoms in total. The molecule has 1 N–H and O–H groups in total. The summed E-state index contributed by atoms with van der Waals surface area (Å²) in [5.74, 6) is 0.362. The largest absolute Gasteiger partial charge is 0.366 e. The second kappa shape index (κ2) is 6.14. The molecular formula is C14H23ClN4O. The molecule has 0 aromatic carbocycles. The number of hydrogen-bond acceptors (Lipinski definition) is 4. The second-order valence-electron chi connectivity index (χ2n) is 6.10. The first kappa shape index (κ1) is 15.3. The van der Waals surface area contributed by atoms with Gasteiger partial charge in [0.2, 0.25) is 0 Å². The van der Waals surface area contributed by atoms with Crippen LogP contribution >= 0.6 is 11.6 Å². The molecular weight excluding hydrogens is 276 g/mol. The number of nitrogens with one attached hydrogen (secondary N) is 1. The van der Waals surface area contributed by atoms with Gasteiger partial charge < -0.3 is 10.2 Å². The Balaban J connectivity index is 2.29. The normalized spacial score (nSPS) is 23.4. The lowest BCUT2D eigenvalue weighted by molar-refractivity contribution is 0.405. The fourth-order valence-electron chi connectivity index (χ4n) is 2.68. The Labute approximate surface area is 124 Å². The third-order valence-electron chi connectivity index (χ3n) is 3.40. The average Bonchev–Trinajstić information content (AvgIpc) is 2.33. The van der Waals surface area contributed by atoms with Gasteiger partial charge in [-0.3, -0.25) is 4.79 Å². The van der Waals surface area contributed by atoms with Gasteiger partial charge in [-0.25, -0.2) is 4.68 Å². The molecule has 6 heteroatoms. The molecule has 0 aliphatic carbocycles. The van der Waals surface area contributed by atoms with Gasteiger partial charge >= 0.3 is 0 Å². The minimum Gasteiger partial charge on any atom is -0.366 e. The molecule has 1 aliphatic rings. The summed E-state index contributed by atoms with van der Waals surface area (Å²) in [4.78, 5) is 14.4. The molecule has 0 bridgehead atoms. The third-order valence-corrected chi connectivity index (χ3v) is 3.76. The maximum absolute atomic E-state index is 12.3. The fraction of sp³-hybridized carbons (Fsp3) is 0.714. The van der Waals surface area contributed by atoms with Crippen molar-refractivity contribution < 1.29 is 0 Å². The Bertz CT molecular complexity index is 518. The van der Waals surface area contributed by atoms with Gasteiger partial charge in [-0.05, 0) is 19.8 Å². The van der Waals surface area contributed by atoms with E-state index < -0.39 is 0 Å². The zero-order valence-corrected chi connectivity index (χ0v) is 13.3. The Morgan fingerprint density at radius 2 is 2.00 bits per heavy atom. The molecule has 1 aliphatic heterocycles. The van der Waals surface area contributed by atoms with E-state index in [-0.39, 0.29) is 10.6 Å². The highest BCUT2D eigenvalue weighted by Crippen LogP contribution is 2.23. The van der Waals surface area contributed by atoms with Crippen LogP contribution in [0.25, 0.3) is 0 Å².